The number of nitrogens with one attached hydrogen (secondary N) is 1. The fourth-order valence-electron chi connectivity index (χ4n) is 3.21. The molecule has 0 amide bonds. The second-order valence-corrected chi connectivity index (χ2v) is 6.94. The largest absolute Gasteiger partial charge is 0.308 e. The standard InChI is InChI=1S/C13H20N2S.C5H5N/c1-2-7-15(8-3-1)10-12-11-5-9-16-13(11)4-6-14-12;1-2-4-6-5-3-1/h5,9,12,14H,1-4,6-8,10H2;1-5H. The summed E-state index contributed by atoms with van der Waals surface area (Å²) in [7, 11) is 0. The van der Waals surface area contributed by atoms with E-state index in [0.717, 1.165) is 6.54 Å². The summed E-state index contributed by atoms with van der Waals surface area (Å²) in [4.78, 5) is 8.03. The van der Waals surface area contributed by atoms with Crippen LogP contribution in [0.2, 0.25) is 0 Å². The maximum Gasteiger partial charge on any atom is 0.0460 e. The van der Waals surface area contributed by atoms with Gasteiger partial charge in [0.15, 0.2) is 0 Å². The van der Waals surface area contributed by atoms with Crippen LogP contribution < -0.4 is 5.32 Å². The van der Waals surface area contributed by atoms with Crippen molar-refractivity contribution in [1.29, 1.82) is 0 Å². The third-order valence-electron chi connectivity index (χ3n) is 4.35. The summed E-state index contributed by atoms with van der Waals surface area (Å²) in [5.74, 6) is 0. The minimum atomic E-state index is 0.591. The number of likely N-dealkylation sites (tertiary alicyclic amines) is 1. The highest BCUT2D eigenvalue weighted by molar-refractivity contribution is 7.10. The lowest BCUT2D eigenvalue weighted by molar-refractivity contribution is 0.203. The fourth-order valence-corrected chi connectivity index (χ4v) is 4.15. The first-order chi connectivity index (χ1) is 10.9. The normalized spacial score (nSPS) is 21.5. The number of piperidine rings is 1. The summed E-state index contributed by atoms with van der Waals surface area (Å²) in [6, 6.07) is 8.63. The minimum Gasteiger partial charge on any atom is -0.308 e. The molecule has 2 aliphatic heterocycles. The van der Waals surface area contributed by atoms with Gasteiger partial charge in [0.25, 0.3) is 0 Å². The molecule has 0 spiro atoms. The van der Waals surface area contributed by atoms with Crippen LogP contribution in [0.1, 0.15) is 35.7 Å². The third kappa shape index (κ3) is 4.38. The van der Waals surface area contributed by atoms with E-state index in [2.05, 4.69) is 26.6 Å². The zero-order valence-electron chi connectivity index (χ0n) is 13.1. The quantitative estimate of drug-likeness (QED) is 0.919. The molecule has 1 fully saturated rings. The maximum atomic E-state index is 3.78. The van der Waals surface area contributed by atoms with E-state index < -0.39 is 0 Å². The van der Waals surface area contributed by atoms with Crippen molar-refractivity contribution in [3.8, 4) is 0 Å². The summed E-state index contributed by atoms with van der Waals surface area (Å²) < 4.78 is 0. The van der Waals surface area contributed by atoms with E-state index in [4.69, 9.17) is 0 Å². The fraction of sp³-hybridized carbons (Fsp3) is 0.500. The number of nitrogens with zero attached hydrogens (tertiary/aromatic N) is 2. The van der Waals surface area contributed by atoms with E-state index in [9.17, 15) is 0 Å². The molecule has 0 bridgehead atoms. The first kappa shape index (κ1) is 15.7. The Labute approximate surface area is 137 Å². The van der Waals surface area contributed by atoms with Gasteiger partial charge in [-0.15, -0.1) is 11.3 Å². The number of hydrogen-bond acceptors (Lipinski definition) is 4. The van der Waals surface area contributed by atoms with Crippen LogP contribution in [-0.2, 0) is 6.42 Å². The van der Waals surface area contributed by atoms with Crippen LogP contribution in [0.4, 0.5) is 0 Å². The monoisotopic (exact) mass is 315 g/mol. The van der Waals surface area contributed by atoms with E-state index in [0.29, 0.717) is 6.04 Å². The molecule has 2 aromatic rings. The molecule has 1 saturated heterocycles. The first-order valence-electron chi connectivity index (χ1n) is 8.30. The van der Waals surface area contributed by atoms with Crippen LogP contribution in [0.25, 0.3) is 0 Å². The highest BCUT2D eigenvalue weighted by atomic mass is 32.1. The Morgan fingerprint density at radius 3 is 2.64 bits per heavy atom. The molecule has 4 heterocycles. The number of rotatable bonds is 2. The van der Waals surface area contributed by atoms with Gasteiger partial charge in [0, 0.05) is 36.4 Å². The van der Waals surface area contributed by atoms with Crippen molar-refractivity contribution in [2.24, 2.45) is 0 Å². The highest BCUT2D eigenvalue weighted by Gasteiger charge is 2.23. The zero-order valence-corrected chi connectivity index (χ0v) is 13.9. The average molecular weight is 315 g/mol. The van der Waals surface area contributed by atoms with Crippen LogP contribution in [0.3, 0.4) is 0 Å². The molecule has 2 aromatic heterocycles. The van der Waals surface area contributed by atoms with Crippen LogP contribution >= 0.6 is 11.3 Å². The van der Waals surface area contributed by atoms with Gasteiger partial charge in [0.1, 0.15) is 0 Å². The van der Waals surface area contributed by atoms with Crippen molar-refractivity contribution in [3.63, 3.8) is 0 Å². The molecule has 0 aromatic carbocycles. The zero-order chi connectivity index (χ0) is 15.0. The summed E-state index contributed by atoms with van der Waals surface area (Å²) in [5, 5.41) is 5.92. The molecule has 4 heteroatoms. The van der Waals surface area contributed by atoms with Gasteiger partial charge in [-0.25, -0.2) is 0 Å². The number of fused-ring (bicyclic) bond motifs is 1. The second-order valence-electron chi connectivity index (χ2n) is 5.94. The molecule has 0 saturated carbocycles. The van der Waals surface area contributed by atoms with Gasteiger partial charge in [-0.1, -0.05) is 12.5 Å². The molecule has 3 nitrogen and oxygen atoms in total. The van der Waals surface area contributed by atoms with E-state index in [1.807, 2.05) is 29.5 Å². The van der Waals surface area contributed by atoms with E-state index >= 15 is 0 Å². The van der Waals surface area contributed by atoms with Gasteiger partial charge < -0.3 is 10.2 Å². The van der Waals surface area contributed by atoms with Gasteiger partial charge in [-0.3, -0.25) is 4.98 Å². The Morgan fingerprint density at radius 1 is 1.14 bits per heavy atom. The minimum absolute atomic E-state index is 0.591. The molecule has 1 atom stereocenters. The predicted molar refractivity (Wildman–Crippen MR) is 93.3 cm³/mol. The SMILES string of the molecule is c1cc2c(s1)CCNC2CN1CCCCC1.c1ccncc1. The van der Waals surface area contributed by atoms with Crippen molar-refractivity contribution >= 4 is 11.3 Å². The summed E-state index contributed by atoms with van der Waals surface area (Å²) in [5.41, 5.74) is 1.57. The van der Waals surface area contributed by atoms with Crippen molar-refractivity contribution in [3.05, 3.63) is 52.5 Å². The Kier molecular flexibility index (Phi) is 5.99. The lowest BCUT2D eigenvalue weighted by Gasteiger charge is -2.33. The van der Waals surface area contributed by atoms with Crippen molar-refractivity contribution in [2.45, 2.75) is 31.7 Å². The van der Waals surface area contributed by atoms with Gasteiger partial charge in [0.05, 0.1) is 0 Å². The lowest BCUT2D eigenvalue weighted by Crippen LogP contribution is -2.40. The molecular formula is C18H25N3S. The first-order valence-corrected chi connectivity index (χ1v) is 9.18. The third-order valence-corrected chi connectivity index (χ3v) is 5.35. The summed E-state index contributed by atoms with van der Waals surface area (Å²) in [6.07, 6.45) is 8.94. The maximum absolute atomic E-state index is 3.78. The topological polar surface area (TPSA) is 28.2 Å². The summed E-state index contributed by atoms with van der Waals surface area (Å²) in [6.45, 7) is 4.98. The van der Waals surface area contributed by atoms with E-state index in [1.54, 1.807) is 22.8 Å². The van der Waals surface area contributed by atoms with Gasteiger partial charge >= 0.3 is 0 Å². The molecule has 22 heavy (non-hydrogen) atoms. The molecule has 0 radical (unpaired) electrons. The Hall–Kier alpha value is -1.23. The second kappa shape index (κ2) is 8.42. The number of pyridine rings is 1. The number of hydrogen-bond donors (Lipinski definition) is 1. The van der Waals surface area contributed by atoms with Crippen molar-refractivity contribution in [2.75, 3.05) is 26.2 Å². The Morgan fingerprint density at radius 2 is 1.95 bits per heavy atom. The molecule has 4 rings (SSSR count). The van der Waals surface area contributed by atoms with Gasteiger partial charge in [-0.2, -0.15) is 0 Å². The smallest absolute Gasteiger partial charge is 0.0460 e. The van der Waals surface area contributed by atoms with Gasteiger partial charge in [0.2, 0.25) is 0 Å². The van der Waals surface area contributed by atoms with Crippen LogP contribution in [0.15, 0.2) is 42.0 Å². The van der Waals surface area contributed by atoms with Crippen molar-refractivity contribution < 1.29 is 0 Å². The molecule has 1 N–H and O–H groups in total. The molecule has 1 unspecified atom stereocenters. The van der Waals surface area contributed by atoms with E-state index in [1.165, 1.54) is 45.3 Å². The highest BCUT2D eigenvalue weighted by Crippen LogP contribution is 2.28. The molecular weight excluding hydrogens is 290 g/mol. The van der Waals surface area contributed by atoms with Gasteiger partial charge in [-0.05, 0) is 61.5 Å². The summed E-state index contributed by atoms with van der Waals surface area (Å²) >= 11 is 1.93. The molecule has 2 aliphatic rings. The van der Waals surface area contributed by atoms with Crippen LogP contribution in [0, 0.1) is 0 Å². The van der Waals surface area contributed by atoms with E-state index in [-0.39, 0.29) is 0 Å². The Balaban J connectivity index is 0.000000202. The number of aromatic nitrogens is 1. The molecule has 118 valence electrons. The lowest BCUT2D eigenvalue weighted by atomic mass is 10.0. The average Bonchev–Trinajstić information content (AvgIpc) is 3.08. The Bertz CT molecular complexity index is 508. The van der Waals surface area contributed by atoms with Crippen LogP contribution in [0.5, 0.6) is 0 Å². The molecule has 0 aliphatic carbocycles. The predicted octanol–water partition coefficient (Wildman–Crippen LogP) is 3.50. The van der Waals surface area contributed by atoms with Crippen LogP contribution in [-0.4, -0.2) is 36.1 Å². The van der Waals surface area contributed by atoms with Crippen molar-refractivity contribution in [1.82, 2.24) is 15.2 Å². The number of thiophene rings is 1.